The number of hydrogen-bond acceptors (Lipinski definition) is 2. The van der Waals surface area contributed by atoms with Crippen molar-refractivity contribution in [2.24, 2.45) is 7.05 Å². The summed E-state index contributed by atoms with van der Waals surface area (Å²) in [5, 5.41) is 5.30. The lowest BCUT2D eigenvalue weighted by atomic mass is 10.3. The quantitative estimate of drug-likeness (QED) is 0.665. The second kappa shape index (κ2) is 2.30. The van der Waals surface area contributed by atoms with E-state index in [1.54, 1.807) is 17.1 Å². The van der Waals surface area contributed by atoms with Crippen LogP contribution in [0.1, 0.15) is 0 Å². The number of nitrogens with zero attached hydrogens (tertiary/aromatic N) is 3. The van der Waals surface area contributed by atoms with E-state index >= 15 is 0 Å². The number of pyridine rings is 1. The van der Waals surface area contributed by atoms with Crippen molar-refractivity contribution < 1.29 is 0 Å². The predicted octanol–water partition coefficient (Wildman–Crippen LogP) is 1.73. The second-order valence-corrected chi connectivity index (χ2v) is 3.21. The van der Waals surface area contributed by atoms with Crippen molar-refractivity contribution in [1.29, 1.82) is 0 Å². The van der Waals surface area contributed by atoms with Gasteiger partial charge in [0, 0.05) is 29.3 Å². The van der Waals surface area contributed by atoms with Gasteiger partial charge in [-0.25, -0.2) is 0 Å². The van der Waals surface area contributed by atoms with Crippen LogP contribution in [0.15, 0.2) is 23.1 Å². The fourth-order valence-corrected chi connectivity index (χ4v) is 1.45. The van der Waals surface area contributed by atoms with Gasteiger partial charge >= 0.3 is 0 Å². The normalized spacial score (nSPS) is 10.7. The highest BCUT2D eigenvalue weighted by atomic mass is 79.9. The van der Waals surface area contributed by atoms with E-state index in [4.69, 9.17) is 0 Å². The first-order valence-electron chi connectivity index (χ1n) is 3.20. The zero-order chi connectivity index (χ0) is 7.84. The van der Waals surface area contributed by atoms with Gasteiger partial charge < -0.3 is 0 Å². The Morgan fingerprint density at radius 3 is 3.00 bits per heavy atom. The van der Waals surface area contributed by atoms with E-state index in [1.165, 1.54) is 0 Å². The van der Waals surface area contributed by atoms with Crippen molar-refractivity contribution in [1.82, 2.24) is 14.8 Å². The highest BCUT2D eigenvalue weighted by Gasteiger charge is 2.00. The lowest BCUT2D eigenvalue weighted by molar-refractivity contribution is 0.779. The third-order valence-corrected chi connectivity index (χ3v) is 2.13. The summed E-state index contributed by atoms with van der Waals surface area (Å²) in [7, 11) is 1.90. The molecule has 0 fully saturated rings. The molecule has 0 amide bonds. The van der Waals surface area contributed by atoms with Crippen molar-refractivity contribution in [3.63, 3.8) is 0 Å². The van der Waals surface area contributed by atoms with Gasteiger partial charge in [-0.2, -0.15) is 5.10 Å². The Labute approximate surface area is 72.2 Å². The van der Waals surface area contributed by atoms with Crippen LogP contribution < -0.4 is 0 Å². The van der Waals surface area contributed by atoms with Gasteiger partial charge in [0.25, 0.3) is 0 Å². The van der Waals surface area contributed by atoms with Gasteiger partial charge in [-0.15, -0.1) is 0 Å². The summed E-state index contributed by atoms with van der Waals surface area (Å²) in [6, 6.07) is 0. The largest absolute Gasteiger partial charge is 0.274 e. The van der Waals surface area contributed by atoms with Gasteiger partial charge in [0.15, 0.2) is 0 Å². The third kappa shape index (κ3) is 1.03. The molecule has 0 spiro atoms. The van der Waals surface area contributed by atoms with Crippen LogP contribution in [0, 0.1) is 0 Å². The molecule has 0 aromatic carbocycles. The molecule has 2 aromatic heterocycles. The van der Waals surface area contributed by atoms with Gasteiger partial charge in [-0.05, 0) is 15.9 Å². The van der Waals surface area contributed by atoms with E-state index in [-0.39, 0.29) is 0 Å². The molecule has 2 heterocycles. The molecule has 0 saturated heterocycles. The third-order valence-electron chi connectivity index (χ3n) is 1.50. The molecule has 0 radical (unpaired) electrons. The molecule has 0 aliphatic rings. The molecule has 4 heteroatoms. The number of fused-ring (bicyclic) bond motifs is 1. The van der Waals surface area contributed by atoms with Crippen LogP contribution in [-0.4, -0.2) is 14.8 Å². The molecule has 0 unspecified atom stereocenters. The second-order valence-electron chi connectivity index (χ2n) is 2.36. The fraction of sp³-hybridized carbons (Fsp3) is 0.143. The van der Waals surface area contributed by atoms with Crippen LogP contribution >= 0.6 is 15.9 Å². The average molecular weight is 212 g/mol. The summed E-state index contributed by atoms with van der Waals surface area (Å²) in [5.74, 6) is 0. The Balaban J connectivity index is 2.90. The highest BCUT2D eigenvalue weighted by molar-refractivity contribution is 9.10. The molecule has 2 aromatic rings. The van der Waals surface area contributed by atoms with Gasteiger partial charge in [0.1, 0.15) is 5.52 Å². The van der Waals surface area contributed by atoms with E-state index in [1.807, 2.05) is 13.2 Å². The first-order chi connectivity index (χ1) is 5.27. The van der Waals surface area contributed by atoms with Gasteiger partial charge in [-0.1, -0.05) is 0 Å². The molecule has 0 saturated carbocycles. The summed E-state index contributed by atoms with van der Waals surface area (Å²) in [5.41, 5.74) is 0.918. The van der Waals surface area contributed by atoms with Crippen molar-refractivity contribution in [2.45, 2.75) is 0 Å². The van der Waals surface area contributed by atoms with Crippen molar-refractivity contribution in [3.05, 3.63) is 23.1 Å². The lowest BCUT2D eigenvalue weighted by Gasteiger charge is -1.87. The minimum Gasteiger partial charge on any atom is -0.274 e. The zero-order valence-electron chi connectivity index (χ0n) is 5.95. The monoisotopic (exact) mass is 211 g/mol. The van der Waals surface area contributed by atoms with Crippen molar-refractivity contribution >= 4 is 26.8 Å². The topological polar surface area (TPSA) is 30.7 Å². The van der Waals surface area contributed by atoms with Crippen LogP contribution in [0.4, 0.5) is 0 Å². The standard InChI is InChI=1S/C7H6BrN3/c1-11-4-5-6(8)2-9-3-7(5)10-11/h2-4H,1H3. The van der Waals surface area contributed by atoms with Gasteiger partial charge in [0.05, 0.1) is 6.20 Å². The molecule has 3 nitrogen and oxygen atoms in total. The summed E-state index contributed by atoms with van der Waals surface area (Å²) >= 11 is 3.39. The molecule has 11 heavy (non-hydrogen) atoms. The smallest absolute Gasteiger partial charge is 0.112 e. The van der Waals surface area contributed by atoms with Gasteiger partial charge in [-0.3, -0.25) is 9.67 Å². The maximum atomic E-state index is 4.20. The number of aromatic nitrogens is 3. The fourth-order valence-electron chi connectivity index (χ4n) is 1.03. The number of rotatable bonds is 0. The maximum absolute atomic E-state index is 4.20. The number of hydrogen-bond donors (Lipinski definition) is 0. The van der Waals surface area contributed by atoms with E-state index in [2.05, 4.69) is 26.0 Å². The van der Waals surface area contributed by atoms with Crippen LogP contribution in [-0.2, 0) is 7.05 Å². The first-order valence-corrected chi connectivity index (χ1v) is 3.99. The van der Waals surface area contributed by atoms with E-state index in [9.17, 15) is 0 Å². The summed E-state index contributed by atoms with van der Waals surface area (Å²) in [4.78, 5) is 4.00. The highest BCUT2D eigenvalue weighted by Crippen LogP contribution is 2.20. The van der Waals surface area contributed by atoms with E-state index < -0.39 is 0 Å². The molecule has 0 aliphatic carbocycles. The molecular weight excluding hydrogens is 206 g/mol. The Morgan fingerprint density at radius 2 is 2.27 bits per heavy atom. The lowest BCUT2D eigenvalue weighted by Crippen LogP contribution is -1.84. The maximum Gasteiger partial charge on any atom is 0.112 e. The first kappa shape index (κ1) is 6.79. The Kier molecular flexibility index (Phi) is 1.42. The molecular formula is C7H6BrN3. The molecule has 0 bridgehead atoms. The Hall–Kier alpha value is -0.900. The van der Waals surface area contributed by atoms with Crippen molar-refractivity contribution in [2.75, 3.05) is 0 Å². The molecule has 0 N–H and O–H groups in total. The van der Waals surface area contributed by atoms with Crippen LogP contribution in [0.2, 0.25) is 0 Å². The molecule has 56 valence electrons. The minimum absolute atomic E-state index is 0.918. The minimum atomic E-state index is 0.918. The Bertz CT molecular complexity index is 393. The Morgan fingerprint density at radius 1 is 1.45 bits per heavy atom. The van der Waals surface area contributed by atoms with Crippen LogP contribution in [0.5, 0.6) is 0 Å². The summed E-state index contributed by atoms with van der Waals surface area (Å²) in [6.07, 6.45) is 5.48. The van der Waals surface area contributed by atoms with E-state index in [0.717, 1.165) is 15.4 Å². The van der Waals surface area contributed by atoms with Gasteiger partial charge in [0.2, 0.25) is 0 Å². The zero-order valence-corrected chi connectivity index (χ0v) is 7.54. The summed E-state index contributed by atoms with van der Waals surface area (Å²) < 4.78 is 2.76. The van der Waals surface area contributed by atoms with Crippen LogP contribution in [0.25, 0.3) is 10.9 Å². The SMILES string of the molecule is Cn1cc2c(Br)cncc2n1. The van der Waals surface area contributed by atoms with E-state index in [0.29, 0.717) is 0 Å². The number of aryl methyl sites for hydroxylation is 1. The average Bonchev–Trinajstić information content (AvgIpc) is 2.31. The number of halogens is 1. The molecule has 0 atom stereocenters. The summed E-state index contributed by atoms with van der Waals surface area (Å²) in [6.45, 7) is 0. The predicted molar refractivity (Wildman–Crippen MR) is 46.2 cm³/mol. The van der Waals surface area contributed by atoms with Crippen molar-refractivity contribution in [3.8, 4) is 0 Å². The molecule has 0 aliphatic heterocycles. The van der Waals surface area contributed by atoms with Crippen LogP contribution in [0.3, 0.4) is 0 Å². The molecule has 2 rings (SSSR count).